The Kier molecular flexibility index (Phi) is 4.80. The normalized spacial score (nSPS) is 11.4. The standard InChI is InChI=1S/C18H10F3N5O2S/c19-18(20,21)28-10-4-5-13(23-9-10)16(27)25-14-11-6-8-29-17(11)26-15(24-14)12-3-1-2-7-22-12/h1-9H,(H,24,25,26,27). The Morgan fingerprint density at radius 1 is 1.07 bits per heavy atom. The number of fused-ring (bicyclic) bond motifs is 1. The molecule has 0 spiro atoms. The van der Waals surface area contributed by atoms with Gasteiger partial charge >= 0.3 is 6.36 Å². The van der Waals surface area contributed by atoms with Crippen molar-refractivity contribution in [2.24, 2.45) is 0 Å². The first kappa shape index (κ1) is 18.7. The Morgan fingerprint density at radius 2 is 1.93 bits per heavy atom. The fourth-order valence-corrected chi connectivity index (χ4v) is 3.20. The number of pyridine rings is 2. The molecule has 4 heterocycles. The molecule has 1 amide bonds. The molecule has 146 valence electrons. The van der Waals surface area contributed by atoms with E-state index in [-0.39, 0.29) is 11.5 Å². The molecule has 7 nitrogen and oxygen atoms in total. The summed E-state index contributed by atoms with van der Waals surface area (Å²) in [4.78, 5) is 29.9. The van der Waals surface area contributed by atoms with E-state index in [1.54, 1.807) is 35.8 Å². The molecule has 29 heavy (non-hydrogen) atoms. The molecule has 0 aliphatic heterocycles. The Hall–Kier alpha value is -3.60. The predicted molar refractivity (Wildman–Crippen MR) is 99.5 cm³/mol. The number of alkyl halides is 3. The van der Waals surface area contributed by atoms with Crippen LogP contribution in [0.15, 0.2) is 54.2 Å². The van der Waals surface area contributed by atoms with Crippen LogP contribution in [0.5, 0.6) is 5.75 Å². The lowest BCUT2D eigenvalue weighted by molar-refractivity contribution is -0.274. The van der Waals surface area contributed by atoms with Crippen molar-refractivity contribution < 1.29 is 22.7 Å². The number of amides is 1. The summed E-state index contributed by atoms with van der Waals surface area (Å²) in [5.74, 6) is -0.576. The van der Waals surface area contributed by atoms with Crippen LogP contribution in [0.4, 0.5) is 19.0 Å². The van der Waals surface area contributed by atoms with E-state index in [1.807, 2.05) is 0 Å². The molecule has 0 aromatic carbocycles. The maximum Gasteiger partial charge on any atom is 0.573 e. The van der Waals surface area contributed by atoms with Crippen molar-refractivity contribution in [2.45, 2.75) is 6.36 Å². The van der Waals surface area contributed by atoms with Gasteiger partial charge in [-0.3, -0.25) is 9.78 Å². The van der Waals surface area contributed by atoms with Crippen LogP contribution < -0.4 is 10.1 Å². The van der Waals surface area contributed by atoms with Gasteiger partial charge in [0.15, 0.2) is 5.82 Å². The summed E-state index contributed by atoms with van der Waals surface area (Å²) in [6.45, 7) is 0. The Labute approximate surface area is 165 Å². The lowest BCUT2D eigenvalue weighted by Crippen LogP contribution is -2.18. The second kappa shape index (κ2) is 7.43. The van der Waals surface area contributed by atoms with Crippen molar-refractivity contribution in [3.63, 3.8) is 0 Å². The number of ether oxygens (including phenoxy) is 1. The molecule has 0 bridgehead atoms. The van der Waals surface area contributed by atoms with Crippen molar-refractivity contribution in [3.05, 3.63) is 59.9 Å². The third kappa shape index (κ3) is 4.29. The smallest absolute Gasteiger partial charge is 0.404 e. The van der Waals surface area contributed by atoms with Crippen LogP contribution in [0, 0.1) is 0 Å². The van der Waals surface area contributed by atoms with Gasteiger partial charge in [-0.05, 0) is 35.7 Å². The van der Waals surface area contributed by atoms with Crippen molar-refractivity contribution in [1.82, 2.24) is 19.9 Å². The molecule has 0 radical (unpaired) electrons. The number of nitrogens with one attached hydrogen (secondary N) is 1. The Balaban J connectivity index is 1.62. The number of aromatic nitrogens is 4. The maximum absolute atomic E-state index is 12.5. The average Bonchev–Trinajstić information content (AvgIpc) is 3.17. The van der Waals surface area contributed by atoms with Gasteiger partial charge in [0.1, 0.15) is 27.8 Å². The summed E-state index contributed by atoms with van der Waals surface area (Å²) in [5, 5.41) is 5.06. The molecular formula is C18H10F3N5O2S. The van der Waals surface area contributed by atoms with Gasteiger partial charge in [-0.15, -0.1) is 24.5 Å². The largest absolute Gasteiger partial charge is 0.573 e. The molecule has 0 aliphatic carbocycles. The van der Waals surface area contributed by atoms with Crippen LogP contribution in [0.3, 0.4) is 0 Å². The quantitative estimate of drug-likeness (QED) is 0.533. The number of hydrogen-bond acceptors (Lipinski definition) is 7. The fraction of sp³-hybridized carbons (Fsp3) is 0.0556. The van der Waals surface area contributed by atoms with Crippen LogP contribution >= 0.6 is 11.3 Å². The molecule has 4 aromatic rings. The van der Waals surface area contributed by atoms with Gasteiger partial charge in [0.05, 0.1) is 11.6 Å². The third-order valence-electron chi connectivity index (χ3n) is 3.65. The van der Waals surface area contributed by atoms with E-state index in [2.05, 4.69) is 30.0 Å². The first-order chi connectivity index (χ1) is 13.9. The fourth-order valence-electron chi connectivity index (χ4n) is 2.44. The highest BCUT2D eigenvalue weighted by Gasteiger charge is 2.31. The third-order valence-corrected chi connectivity index (χ3v) is 4.46. The number of thiophene rings is 1. The highest BCUT2D eigenvalue weighted by molar-refractivity contribution is 7.16. The molecule has 1 N–H and O–H groups in total. The van der Waals surface area contributed by atoms with Crippen molar-refractivity contribution in [1.29, 1.82) is 0 Å². The average molecular weight is 417 g/mol. The monoisotopic (exact) mass is 417 g/mol. The van der Waals surface area contributed by atoms with Crippen LogP contribution in [-0.4, -0.2) is 32.2 Å². The van der Waals surface area contributed by atoms with E-state index in [9.17, 15) is 18.0 Å². The molecule has 0 saturated heterocycles. The van der Waals surface area contributed by atoms with E-state index in [4.69, 9.17) is 0 Å². The van der Waals surface area contributed by atoms with E-state index in [0.29, 0.717) is 21.7 Å². The minimum absolute atomic E-state index is 0.0964. The van der Waals surface area contributed by atoms with E-state index in [0.717, 1.165) is 18.3 Å². The van der Waals surface area contributed by atoms with Crippen molar-refractivity contribution in [2.75, 3.05) is 5.32 Å². The Morgan fingerprint density at radius 3 is 2.62 bits per heavy atom. The van der Waals surface area contributed by atoms with Crippen LogP contribution in [0.2, 0.25) is 0 Å². The summed E-state index contributed by atoms with van der Waals surface area (Å²) >= 11 is 1.37. The van der Waals surface area contributed by atoms with Gasteiger partial charge in [0.25, 0.3) is 5.91 Å². The molecule has 4 rings (SSSR count). The van der Waals surface area contributed by atoms with E-state index in [1.165, 1.54) is 11.3 Å². The van der Waals surface area contributed by atoms with Gasteiger partial charge in [-0.2, -0.15) is 0 Å². The summed E-state index contributed by atoms with van der Waals surface area (Å²) in [7, 11) is 0. The zero-order valence-electron chi connectivity index (χ0n) is 14.3. The summed E-state index contributed by atoms with van der Waals surface area (Å²) in [5.41, 5.74) is 0.436. The number of hydrogen-bond donors (Lipinski definition) is 1. The first-order valence-corrected chi connectivity index (χ1v) is 8.97. The van der Waals surface area contributed by atoms with Crippen LogP contribution in [0.25, 0.3) is 21.7 Å². The van der Waals surface area contributed by atoms with Gasteiger partial charge in [0, 0.05) is 6.20 Å². The lowest BCUT2D eigenvalue weighted by atomic mass is 10.3. The number of rotatable bonds is 4. The van der Waals surface area contributed by atoms with Crippen molar-refractivity contribution in [3.8, 4) is 17.3 Å². The number of carbonyl (C=O) groups is 1. The number of anilines is 1. The van der Waals surface area contributed by atoms with Gasteiger partial charge in [0.2, 0.25) is 0 Å². The zero-order valence-corrected chi connectivity index (χ0v) is 15.2. The van der Waals surface area contributed by atoms with Crippen molar-refractivity contribution >= 4 is 33.3 Å². The van der Waals surface area contributed by atoms with Crippen LogP contribution in [-0.2, 0) is 0 Å². The van der Waals surface area contributed by atoms with Gasteiger partial charge in [-0.1, -0.05) is 6.07 Å². The summed E-state index contributed by atoms with van der Waals surface area (Å²) < 4.78 is 40.5. The number of carbonyl (C=O) groups excluding carboxylic acids is 1. The molecular weight excluding hydrogens is 407 g/mol. The summed E-state index contributed by atoms with van der Waals surface area (Å²) in [6.07, 6.45) is -2.41. The molecule has 0 fully saturated rings. The second-order valence-electron chi connectivity index (χ2n) is 5.63. The predicted octanol–water partition coefficient (Wildman–Crippen LogP) is 4.30. The number of nitrogens with zero attached hydrogens (tertiary/aromatic N) is 4. The number of halogens is 3. The van der Waals surface area contributed by atoms with Gasteiger partial charge in [-0.25, -0.2) is 15.0 Å². The maximum atomic E-state index is 12.5. The molecule has 0 aliphatic rings. The minimum Gasteiger partial charge on any atom is -0.404 e. The zero-order chi connectivity index (χ0) is 20.4. The Bertz CT molecular complexity index is 1160. The minimum atomic E-state index is -4.83. The summed E-state index contributed by atoms with van der Waals surface area (Å²) in [6, 6.07) is 9.18. The topological polar surface area (TPSA) is 89.9 Å². The lowest BCUT2D eigenvalue weighted by Gasteiger charge is -2.09. The first-order valence-electron chi connectivity index (χ1n) is 8.09. The second-order valence-corrected chi connectivity index (χ2v) is 6.53. The van der Waals surface area contributed by atoms with E-state index < -0.39 is 18.0 Å². The van der Waals surface area contributed by atoms with E-state index >= 15 is 0 Å². The SMILES string of the molecule is O=C(Nc1nc(-c2ccccn2)nc2sccc12)c1ccc(OC(F)(F)F)cn1. The molecule has 0 atom stereocenters. The molecule has 0 saturated carbocycles. The van der Waals surface area contributed by atoms with Gasteiger partial charge < -0.3 is 10.1 Å². The van der Waals surface area contributed by atoms with Crippen LogP contribution in [0.1, 0.15) is 10.5 Å². The highest BCUT2D eigenvalue weighted by atomic mass is 32.1. The highest BCUT2D eigenvalue weighted by Crippen LogP contribution is 2.28. The molecule has 4 aromatic heterocycles. The molecule has 0 unspecified atom stereocenters. The molecule has 11 heteroatoms.